The first-order chi connectivity index (χ1) is 8.68. The van der Waals surface area contributed by atoms with Gasteiger partial charge in [-0.15, -0.1) is 0 Å². The number of aromatic amines is 1. The molecule has 0 spiro atoms. The Bertz CT molecular complexity index is 677. The van der Waals surface area contributed by atoms with Crippen molar-refractivity contribution >= 4 is 23.3 Å². The van der Waals surface area contributed by atoms with Crippen LogP contribution in [-0.2, 0) is 6.54 Å². The van der Waals surface area contributed by atoms with E-state index in [1.54, 1.807) is 12.1 Å². The molecular formula is C14H15FN2S. The molecule has 2 aliphatic rings. The lowest BCUT2D eigenvalue weighted by Crippen LogP contribution is -2.13. The first-order valence-corrected chi connectivity index (χ1v) is 6.97. The topological polar surface area (TPSA) is 20.7 Å². The Labute approximate surface area is 110 Å². The van der Waals surface area contributed by atoms with E-state index in [0.717, 1.165) is 28.3 Å². The summed E-state index contributed by atoms with van der Waals surface area (Å²) in [4.78, 5) is 3.18. The van der Waals surface area contributed by atoms with E-state index in [-0.39, 0.29) is 5.82 Å². The number of aromatic nitrogens is 2. The number of benzene rings is 1. The van der Waals surface area contributed by atoms with Gasteiger partial charge in [0.05, 0.1) is 11.0 Å². The van der Waals surface area contributed by atoms with Crippen molar-refractivity contribution in [2.24, 2.45) is 11.3 Å². The van der Waals surface area contributed by atoms with Crippen LogP contribution in [0.2, 0.25) is 0 Å². The number of rotatable bonds is 3. The molecule has 0 bridgehead atoms. The molecule has 4 rings (SSSR count). The highest BCUT2D eigenvalue weighted by Gasteiger charge is 2.53. The van der Waals surface area contributed by atoms with E-state index >= 15 is 0 Å². The number of fused-ring (bicyclic) bond motifs is 1. The van der Waals surface area contributed by atoms with Crippen molar-refractivity contribution < 1.29 is 4.39 Å². The number of hydrogen-bond acceptors (Lipinski definition) is 1. The predicted octanol–water partition coefficient (Wildman–Crippen LogP) is 4.03. The van der Waals surface area contributed by atoms with Crippen LogP contribution in [0.4, 0.5) is 4.39 Å². The third-order valence-corrected chi connectivity index (χ3v) is 4.87. The Morgan fingerprint density at radius 2 is 2.17 bits per heavy atom. The summed E-state index contributed by atoms with van der Waals surface area (Å²) in [6.45, 7) is 0.958. The Hall–Kier alpha value is -1.16. The molecule has 0 unspecified atom stereocenters. The Morgan fingerprint density at radius 1 is 1.39 bits per heavy atom. The molecule has 18 heavy (non-hydrogen) atoms. The third kappa shape index (κ3) is 1.55. The average molecular weight is 262 g/mol. The maximum atomic E-state index is 13.4. The van der Waals surface area contributed by atoms with Gasteiger partial charge in [0.1, 0.15) is 5.82 Å². The van der Waals surface area contributed by atoms with Gasteiger partial charge in [-0.1, -0.05) is 0 Å². The zero-order valence-corrected chi connectivity index (χ0v) is 10.9. The first-order valence-electron chi connectivity index (χ1n) is 6.56. The van der Waals surface area contributed by atoms with Gasteiger partial charge >= 0.3 is 0 Å². The molecule has 2 aromatic rings. The van der Waals surface area contributed by atoms with Crippen molar-refractivity contribution in [3.63, 3.8) is 0 Å². The molecule has 0 saturated heterocycles. The minimum atomic E-state index is -0.193. The lowest BCUT2D eigenvalue weighted by Gasteiger charge is -2.15. The number of imidazole rings is 1. The van der Waals surface area contributed by atoms with Gasteiger partial charge < -0.3 is 9.55 Å². The summed E-state index contributed by atoms with van der Waals surface area (Å²) in [5.74, 6) is 0.694. The van der Waals surface area contributed by atoms with Crippen molar-refractivity contribution in [2.45, 2.75) is 32.2 Å². The van der Waals surface area contributed by atoms with Crippen LogP contribution in [0.25, 0.3) is 11.0 Å². The van der Waals surface area contributed by atoms with Crippen LogP contribution in [0.15, 0.2) is 18.2 Å². The fourth-order valence-electron chi connectivity index (χ4n) is 3.15. The highest BCUT2D eigenvalue weighted by Crippen LogP contribution is 2.62. The number of nitrogens with one attached hydrogen (secondary N) is 1. The fourth-order valence-corrected chi connectivity index (χ4v) is 3.42. The number of halogens is 1. The summed E-state index contributed by atoms with van der Waals surface area (Å²) in [7, 11) is 0. The molecule has 2 fully saturated rings. The molecule has 0 aliphatic heterocycles. The average Bonchev–Trinajstić information content (AvgIpc) is 3.22. The Kier molecular flexibility index (Phi) is 2.05. The van der Waals surface area contributed by atoms with Gasteiger partial charge in [0.2, 0.25) is 0 Å². The third-order valence-electron chi connectivity index (χ3n) is 4.55. The molecule has 1 aromatic heterocycles. The van der Waals surface area contributed by atoms with Crippen molar-refractivity contribution in [3.05, 3.63) is 28.8 Å². The molecule has 94 valence electrons. The Morgan fingerprint density at radius 3 is 2.83 bits per heavy atom. The fraction of sp³-hybridized carbons (Fsp3) is 0.500. The smallest absolute Gasteiger partial charge is 0.178 e. The van der Waals surface area contributed by atoms with E-state index in [1.807, 2.05) is 0 Å². The maximum absolute atomic E-state index is 13.4. The van der Waals surface area contributed by atoms with Crippen LogP contribution < -0.4 is 0 Å². The molecule has 1 N–H and O–H groups in total. The number of H-pyrrole nitrogens is 1. The van der Waals surface area contributed by atoms with Crippen LogP contribution in [0.3, 0.4) is 0 Å². The van der Waals surface area contributed by atoms with Gasteiger partial charge in [-0.3, -0.25) is 0 Å². The molecule has 1 aromatic carbocycles. The van der Waals surface area contributed by atoms with Crippen molar-refractivity contribution in [1.29, 1.82) is 0 Å². The second-order valence-corrected chi connectivity index (χ2v) is 6.20. The highest BCUT2D eigenvalue weighted by atomic mass is 32.1. The van der Waals surface area contributed by atoms with Crippen LogP contribution in [0.5, 0.6) is 0 Å². The maximum Gasteiger partial charge on any atom is 0.178 e. The van der Waals surface area contributed by atoms with E-state index in [1.165, 1.54) is 31.7 Å². The summed E-state index contributed by atoms with van der Waals surface area (Å²) in [6, 6.07) is 4.84. The molecule has 2 nitrogen and oxygen atoms in total. The van der Waals surface area contributed by atoms with Crippen LogP contribution in [-0.4, -0.2) is 9.55 Å². The standard InChI is InChI=1S/C14H15FN2S/c15-10-3-4-11-12(7-10)17(13(18)16-11)8-14(5-6-14)9-1-2-9/h3-4,7,9H,1-2,5-6,8H2,(H,16,18). The van der Waals surface area contributed by atoms with E-state index in [9.17, 15) is 4.39 Å². The van der Waals surface area contributed by atoms with Gasteiger partial charge in [-0.25, -0.2) is 4.39 Å². The highest BCUT2D eigenvalue weighted by molar-refractivity contribution is 7.71. The minimum Gasteiger partial charge on any atom is -0.331 e. The van der Waals surface area contributed by atoms with Crippen molar-refractivity contribution in [1.82, 2.24) is 9.55 Å². The van der Waals surface area contributed by atoms with Gasteiger partial charge in [-0.05, 0) is 67.4 Å². The van der Waals surface area contributed by atoms with Crippen molar-refractivity contribution in [3.8, 4) is 0 Å². The summed E-state index contributed by atoms with van der Waals surface area (Å²) in [6.07, 6.45) is 5.34. The van der Waals surface area contributed by atoms with E-state index < -0.39 is 0 Å². The van der Waals surface area contributed by atoms with Gasteiger partial charge in [0.15, 0.2) is 4.77 Å². The monoisotopic (exact) mass is 262 g/mol. The molecule has 4 heteroatoms. The SMILES string of the molecule is Fc1ccc2[nH]c(=S)n(CC3(C4CC4)CC3)c2c1. The van der Waals surface area contributed by atoms with Crippen LogP contribution in [0.1, 0.15) is 25.7 Å². The second kappa shape index (κ2) is 3.44. The van der Waals surface area contributed by atoms with Crippen LogP contribution in [0, 0.1) is 21.9 Å². The first kappa shape index (κ1) is 10.7. The van der Waals surface area contributed by atoms with Crippen LogP contribution >= 0.6 is 12.2 Å². The molecular weight excluding hydrogens is 247 g/mol. The molecule has 0 amide bonds. The predicted molar refractivity (Wildman–Crippen MR) is 71.5 cm³/mol. The van der Waals surface area contributed by atoms with Gasteiger partial charge in [-0.2, -0.15) is 0 Å². The normalized spacial score (nSPS) is 21.4. The van der Waals surface area contributed by atoms with E-state index in [2.05, 4.69) is 9.55 Å². The van der Waals surface area contributed by atoms with Crippen molar-refractivity contribution in [2.75, 3.05) is 0 Å². The zero-order valence-electron chi connectivity index (χ0n) is 10.1. The second-order valence-electron chi connectivity index (χ2n) is 5.81. The molecule has 0 radical (unpaired) electrons. The van der Waals surface area contributed by atoms with E-state index in [4.69, 9.17) is 12.2 Å². The minimum absolute atomic E-state index is 0.193. The van der Waals surface area contributed by atoms with Gasteiger partial charge in [0.25, 0.3) is 0 Å². The molecule has 0 atom stereocenters. The summed E-state index contributed by atoms with van der Waals surface area (Å²) in [5, 5.41) is 0. The Balaban J connectivity index is 1.81. The van der Waals surface area contributed by atoms with E-state index in [0.29, 0.717) is 5.41 Å². The summed E-state index contributed by atoms with van der Waals surface area (Å²) >= 11 is 5.38. The quantitative estimate of drug-likeness (QED) is 0.828. The largest absolute Gasteiger partial charge is 0.331 e. The van der Waals surface area contributed by atoms with Gasteiger partial charge in [0, 0.05) is 6.54 Å². The molecule has 2 aliphatic carbocycles. The zero-order chi connectivity index (χ0) is 12.3. The summed E-state index contributed by atoms with van der Waals surface area (Å²) < 4.78 is 16.2. The molecule has 2 saturated carbocycles. The number of hydrogen-bond donors (Lipinski definition) is 1. The summed E-state index contributed by atoms with van der Waals surface area (Å²) in [5.41, 5.74) is 2.32. The number of nitrogens with zero attached hydrogens (tertiary/aromatic N) is 1. The lowest BCUT2D eigenvalue weighted by molar-refractivity contribution is 0.373. The lowest BCUT2D eigenvalue weighted by atomic mass is 10.0. The molecule has 1 heterocycles.